The largest absolute Gasteiger partial charge is 0.495 e. The Morgan fingerprint density at radius 2 is 2.11 bits per heavy atom. The van der Waals surface area contributed by atoms with Crippen LogP contribution in [0.25, 0.3) is 0 Å². The van der Waals surface area contributed by atoms with Crippen molar-refractivity contribution in [1.82, 2.24) is 10.2 Å². The van der Waals surface area contributed by atoms with Gasteiger partial charge in [-0.25, -0.2) is 0 Å². The van der Waals surface area contributed by atoms with E-state index in [1.54, 1.807) is 7.11 Å². The number of hydrogen-bond acceptors (Lipinski definition) is 3. The molecule has 1 unspecified atom stereocenters. The first-order valence-corrected chi connectivity index (χ1v) is 6.67. The quantitative estimate of drug-likeness (QED) is 0.824. The molecule has 0 bridgehead atoms. The Bertz CT molecular complexity index is 369. The molecule has 0 aliphatic rings. The molecule has 0 radical (unpaired) electrons. The lowest BCUT2D eigenvalue weighted by Gasteiger charge is -2.23. The molecular formula is C14H23ClN2O. The van der Waals surface area contributed by atoms with Crippen LogP contribution in [0.2, 0.25) is 5.02 Å². The standard InChI is InChI=1S/C14H23ClN2O/c1-5-8-16-13(10-17(2)3)11-6-7-12(15)14(9-11)18-4/h6-7,9,13,16H,5,8,10H2,1-4H3. The maximum Gasteiger partial charge on any atom is 0.137 e. The van der Waals surface area contributed by atoms with Gasteiger partial charge in [-0.05, 0) is 44.8 Å². The third-order valence-electron chi connectivity index (χ3n) is 2.77. The van der Waals surface area contributed by atoms with Gasteiger partial charge in [0.15, 0.2) is 0 Å². The zero-order valence-corrected chi connectivity index (χ0v) is 12.4. The van der Waals surface area contributed by atoms with Gasteiger partial charge in [-0.3, -0.25) is 0 Å². The van der Waals surface area contributed by atoms with Gasteiger partial charge < -0.3 is 15.0 Å². The van der Waals surface area contributed by atoms with E-state index in [1.807, 2.05) is 12.1 Å². The normalized spacial score (nSPS) is 12.8. The molecule has 1 rings (SSSR count). The lowest BCUT2D eigenvalue weighted by molar-refractivity contribution is 0.341. The summed E-state index contributed by atoms with van der Waals surface area (Å²) in [5, 5.41) is 4.20. The van der Waals surface area contributed by atoms with E-state index in [2.05, 4.69) is 37.3 Å². The third kappa shape index (κ3) is 4.48. The van der Waals surface area contributed by atoms with Crippen molar-refractivity contribution in [1.29, 1.82) is 0 Å². The van der Waals surface area contributed by atoms with Crippen molar-refractivity contribution in [3.05, 3.63) is 28.8 Å². The summed E-state index contributed by atoms with van der Waals surface area (Å²) >= 11 is 6.06. The van der Waals surface area contributed by atoms with E-state index < -0.39 is 0 Å². The van der Waals surface area contributed by atoms with Gasteiger partial charge in [0.25, 0.3) is 0 Å². The molecule has 0 spiro atoms. The van der Waals surface area contributed by atoms with Gasteiger partial charge in [0.2, 0.25) is 0 Å². The first-order chi connectivity index (χ1) is 8.58. The number of rotatable bonds is 7. The third-order valence-corrected chi connectivity index (χ3v) is 3.08. The van der Waals surface area contributed by atoms with Gasteiger partial charge in [-0.15, -0.1) is 0 Å². The zero-order valence-electron chi connectivity index (χ0n) is 11.7. The minimum Gasteiger partial charge on any atom is -0.495 e. The SMILES string of the molecule is CCCNC(CN(C)C)c1ccc(Cl)c(OC)c1. The average molecular weight is 271 g/mol. The molecule has 0 saturated heterocycles. The second-order valence-corrected chi connectivity index (χ2v) is 5.07. The van der Waals surface area contributed by atoms with Crippen LogP contribution in [-0.2, 0) is 0 Å². The van der Waals surface area contributed by atoms with Gasteiger partial charge in [0, 0.05) is 12.6 Å². The number of ether oxygens (including phenoxy) is 1. The summed E-state index contributed by atoms with van der Waals surface area (Å²) in [4.78, 5) is 2.18. The number of nitrogens with one attached hydrogen (secondary N) is 1. The molecule has 102 valence electrons. The summed E-state index contributed by atoms with van der Waals surface area (Å²) in [5.41, 5.74) is 1.21. The molecule has 3 nitrogen and oxygen atoms in total. The Labute approximate surface area is 115 Å². The Balaban J connectivity index is 2.89. The summed E-state index contributed by atoms with van der Waals surface area (Å²) in [6.07, 6.45) is 1.12. The van der Waals surface area contributed by atoms with Crippen LogP contribution < -0.4 is 10.1 Å². The smallest absolute Gasteiger partial charge is 0.137 e. The molecule has 1 aromatic carbocycles. The van der Waals surface area contributed by atoms with Gasteiger partial charge in [0.1, 0.15) is 5.75 Å². The van der Waals surface area contributed by atoms with E-state index in [9.17, 15) is 0 Å². The maximum atomic E-state index is 6.06. The Morgan fingerprint density at radius 3 is 2.67 bits per heavy atom. The molecule has 1 N–H and O–H groups in total. The Kier molecular flexibility index (Phi) is 6.47. The highest BCUT2D eigenvalue weighted by molar-refractivity contribution is 6.32. The molecule has 4 heteroatoms. The minimum absolute atomic E-state index is 0.297. The van der Waals surface area contributed by atoms with Crippen LogP contribution in [0.4, 0.5) is 0 Å². The zero-order chi connectivity index (χ0) is 13.5. The number of hydrogen-bond donors (Lipinski definition) is 1. The monoisotopic (exact) mass is 270 g/mol. The van der Waals surface area contributed by atoms with Gasteiger partial charge in [-0.2, -0.15) is 0 Å². The van der Waals surface area contributed by atoms with Crippen LogP contribution in [0.1, 0.15) is 24.9 Å². The summed E-state index contributed by atoms with van der Waals surface area (Å²) in [7, 11) is 5.80. The average Bonchev–Trinajstić information content (AvgIpc) is 2.34. The lowest BCUT2D eigenvalue weighted by atomic mass is 10.1. The van der Waals surface area contributed by atoms with Crippen molar-refractivity contribution in [2.75, 3.05) is 34.3 Å². The molecule has 0 amide bonds. The molecular weight excluding hydrogens is 248 g/mol. The summed E-state index contributed by atoms with van der Waals surface area (Å²) in [6, 6.07) is 6.26. The van der Waals surface area contributed by atoms with Crippen molar-refractivity contribution in [2.24, 2.45) is 0 Å². The summed E-state index contributed by atoms with van der Waals surface area (Å²) in [6.45, 7) is 4.12. The fourth-order valence-corrected chi connectivity index (χ4v) is 2.06. The highest BCUT2D eigenvalue weighted by Gasteiger charge is 2.13. The van der Waals surface area contributed by atoms with E-state index in [1.165, 1.54) is 5.56 Å². The Morgan fingerprint density at radius 1 is 1.39 bits per heavy atom. The molecule has 1 atom stereocenters. The van der Waals surface area contributed by atoms with Crippen LogP contribution in [-0.4, -0.2) is 39.2 Å². The van der Waals surface area contributed by atoms with Crippen LogP contribution in [0.5, 0.6) is 5.75 Å². The van der Waals surface area contributed by atoms with Crippen molar-refractivity contribution in [2.45, 2.75) is 19.4 Å². The molecule has 0 heterocycles. The second kappa shape index (κ2) is 7.62. The minimum atomic E-state index is 0.297. The predicted molar refractivity (Wildman–Crippen MR) is 77.6 cm³/mol. The van der Waals surface area contributed by atoms with Crippen LogP contribution in [0.15, 0.2) is 18.2 Å². The van der Waals surface area contributed by atoms with E-state index in [4.69, 9.17) is 16.3 Å². The number of benzene rings is 1. The molecule has 18 heavy (non-hydrogen) atoms. The topological polar surface area (TPSA) is 24.5 Å². The first kappa shape index (κ1) is 15.3. The van der Waals surface area contributed by atoms with Crippen molar-refractivity contribution < 1.29 is 4.74 Å². The van der Waals surface area contributed by atoms with Gasteiger partial charge >= 0.3 is 0 Å². The van der Waals surface area contributed by atoms with E-state index >= 15 is 0 Å². The maximum absolute atomic E-state index is 6.06. The number of likely N-dealkylation sites (N-methyl/N-ethyl adjacent to an activating group) is 1. The highest BCUT2D eigenvalue weighted by atomic mass is 35.5. The molecule has 0 aliphatic heterocycles. The van der Waals surface area contributed by atoms with Crippen LogP contribution in [0, 0.1) is 0 Å². The van der Waals surface area contributed by atoms with Gasteiger partial charge in [0.05, 0.1) is 12.1 Å². The first-order valence-electron chi connectivity index (χ1n) is 6.30. The lowest BCUT2D eigenvalue weighted by Crippen LogP contribution is -2.31. The van der Waals surface area contributed by atoms with Crippen LogP contribution in [0.3, 0.4) is 0 Å². The van der Waals surface area contributed by atoms with E-state index in [0.717, 1.165) is 25.3 Å². The summed E-state index contributed by atoms with van der Waals surface area (Å²) in [5.74, 6) is 0.733. The highest BCUT2D eigenvalue weighted by Crippen LogP contribution is 2.28. The summed E-state index contributed by atoms with van der Waals surface area (Å²) < 4.78 is 5.27. The van der Waals surface area contributed by atoms with Crippen LogP contribution >= 0.6 is 11.6 Å². The van der Waals surface area contributed by atoms with Gasteiger partial charge in [-0.1, -0.05) is 24.6 Å². The van der Waals surface area contributed by atoms with Crippen molar-refractivity contribution in [3.8, 4) is 5.75 Å². The predicted octanol–water partition coefficient (Wildman–Crippen LogP) is 2.95. The molecule has 0 fully saturated rings. The van der Waals surface area contributed by atoms with Crippen molar-refractivity contribution >= 4 is 11.6 Å². The fraction of sp³-hybridized carbons (Fsp3) is 0.571. The fourth-order valence-electron chi connectivity index (χ4n) is 1.86. The van der Waals surface area contributed by atoms with E-state index in [-0.39, 0.29) is 0 Å². The molecule has 0 aromatic heterocycles. The number of methoxy groups -OCH3 is 1. The molecule has 0 saturated carbocycles. The molecule has 1 aromatic rings. The second-order valence-electron chi connectivity index (χ2n) is 4.66. The number of halogens is 1. The van der Waals surface area contributed by atoms with Crippen molar-refractivity contribution in [3.63, 3.8) is 0 Å². The van der Waals surface area contributed by atoms with E-state index in [0.29, 0.717) is 11.1 Å². The molecule has 0 aliphatic carbocycles. The number of nitrogens with zero attached hydrogens (tertiary/aromatic N) is 1. The Hall–Kier alpha value is -0.770.